The predicted molar refractivity (Wildman–Crippen MR) is 71.2 cm³/mol. The van der Waals surface area contributed by atoms with E-state index in [0.29, 0.717) is 0 Å². The van der Waals surface area contributed by atoms with E-state index in [1.54, 1.807) is 0 Å². The van der Waals surface area contributed by atoms with Crippen molar-refractivity contribution in [2.75, 3.05) is 13.2 Å². The molecule has 26 heavy (non-hydrogen) atoms. The Morgan fingerprint density at radius 2 is 1.54 bits per heavy atom. The van der Waals surface area contributed by atoms with Gasteiger partial charge in [0.1, 0.15) is 5.57 Å². The van der Waals surface area contributed by atoms with Crippen LogP contribution in [0.5, 0.6) is 0 Å². The molecule has 0 amide bonds. The number of ether oxygens (including phenoxy) is 3. The molecule has 1 unspecified atom stereocenters. The molecule has 0 fully saturated rings. The summed E-state index contributed by atoms with van der Waals surface area (Å²) in [5.74, 6) is -9.87. The van der Waals surface area contributed by atoms with Crippen LogP contribution in [-0.2, 0) is 23.8 Å². The van der Waals surface area contributed by atoms with E-state index in [-0.39, 0.29) is 0 Å². The fourth-order valence-electron chi connectivity index (χ4n) is 1.24. The van der Waals surface area contributed by atoms with Crippen molar-refractivity contribution in [3.8, 4) is 0 Å². The van der Waals surface area contributed by atoms with Gasteiger partial charge < -0.3 is 14.2 Å². The summed E-state index contributed by atoms with van der Waals surface area (Å²) in [6, 6.07) is 0. The molecule has 0 bridgehead atoms. The third-order valence-corrected chi connectivity index (χ3v) is 2.67. The molecule has 0 aliphatic heterocycles. The Morgan fingerprint density at radius 1 is 1.04 bits per heavy atom. The number of esters is 2. The first-order valence-corrected chi connectivity index (χ1v) is 6.90. The van der Waals surface area contributed by atoms with Crippen molar-refractivity contribution in [1.82, 2.24) is 0 Å². The predicted octanol–water partition coefficient (Wildman–Crippen LogP) is 3.40. The zero-order valence-corrected chi connectivity index (χ0v) is 13.7. The van der Waals surface area contributed by atoms with Crippen LogP contribution >= 0.6 is 12.6 Å². The van der Waals surface area contributed by atoms with Gasteiger partial charge in [-0.05, 0) is 6.92 Å². The lowest BCUT2D eigenvalue weighted by Gasteiger charge is -2.32. The summed E-state index contributed by atoms with van der Waals surface area (Å²) in [5, 5.41) is -3.84. The number of carbonyl (C=O) groups excluding carboxylic acids is 2. The molecule has 0 N–H and O–H groups in total. The van der Waals surface area contributed by atoms with Crippen LogP contribution < -0.4 is 0 Å². The first-order chi connectivity index (χ1) is 11.5. The van der Waals surface area contributed by atoms with E-state index in [0.717, 1.165) is 6.92 Å². The fraction of sp³-hybridized carbons (Fsp3) is 0.667. The van der Waals surface area contributed by atoms with Gasteiger partial charge in [0.25, 0.3) is 5.25 Å². The van der Waals surface area contributed by atoms with Crippen LogP contribution in [0.2, 0.25) is 0 Å². The molecule has 0 rings (SSSR count). The Kier molecular flexibility index (Phi) is 7.91. The molecule has 5 nitrogen and oxygen atoms in total. The highest BCUT2D eigenvalue weighted by Gasteiger charge is 2.68. The summed E-state index contributed by atoms with van der Waals surface area (Å²) >= 11 is 2.71. The molecule has 0 aromatic heterocycles. The number of rotatable bonds is 8. The van der Waals surface area contributed by atoms with Crippen molar-refractivity contribution in [2.24, 2.45) is 0 Å². The van der Waals surface area contributed by atoms with E-state index in [1.165, 1.54) is 0 Å². The van der Waals surface area contributed by atoms with Crippen molar-refractivity contribution < 1.29 is 58.9 Å². The smallest absolute Gasteiger partial charge is 0.461 e. The quantitative estimate of drug-likeness (QED) is 0.215. The lowest BCUT2D eigenvalue weighted by Crippen LogP contribution is -2.58. The van der Waals surface area contributed by atoms with Crippen LogP contribution in [0.25, 0.3) is 0 Å². The molecule has 14 heteroatoms. The van der Waals surface area contributed by atoms with Gasteiger partial charge in [0, 0.05) is 6.42 Å². The van der Waals surface area contributed by atoms with Crippen LogP contribution in [0, 0.1) is 0 Å². The van der Waals surface area contributed by atoms with Gasteiger partial charge >= 0.3 is 30.1 Å². The Bertz CT molecular complexity index is 539. The third kappa shape index (κ3) is 6.63. The monoisotopic (exact) mass is 420 g/mol. The highest BCUT2D eigenvalue weighted by atomic mass is 32.1. The maximum atomic E-state index is 13.3. The highest BCUT2D eigenvalue weighted by Crippen LogP contribution is 2.39. The number of hydrogen-bond donors (Lipinski definition) is 1. The van der Waals surface area contributed by atoms with E-state index in [1.807, 2.05) is 0 Å². The number of carbonyl (C=O) groups is 2. The number of thiol groups is 1. The number of hydrogen-bond acceptors (Lipinski definition) is 6. The minimum Gasteiger partial charge on any atom is -0.461 e. The van der Waals surface area contributed by atoms with Gasteiger partial charge in [0.15, 0.2) is 0 Å². The summed E-state index contributed by atoms with van der Waals surface area (Å²) < 4.78 is 114. The summed E-state index contributed by atoms with van der Waals surface area (Å²) in [6.07, 6.45) is -12.9. The molecule has 0 aliphatic rings. The van der Waals surface area contributed by atoms with Crippen molar-refractivity contribution in [1.29, 1.82) is 0 Å². The van der Waals surface area contributed by atoms with Crippen molar-refractivity contribution in [3.63, 3.8) is 0 Å². The average molecular weight is 420 g/mol. The molecule has 0 heterocycles. The maximum Gasteiger partial charge on any atom is 0.468 e. The fourth-order valence-corrected chi connectivity index (χ4v) is 1.33. The zero-order valence-electron chi connectivity index (χ0n) is 12.8. The van der Waals surface area contributed by atoms with Crippen molar-refractivity contribution in [2.45, 2.75) is 36.7 Å². The van der Waals surface area contributed by atoms with Gasteiger partial charge in [-0.1, -0.05) is 6.58 Å². The van der Waals surface area contributed by atoms with Gasteiger partial charge in [0.2, 0.25) is 0 Å². The summed E-state index contributed by atoms with van der Waals surface area (Å²) in [5.41, 5.74) is -2.39. The molecule has 152 valence electrons. The van der Waals surface area contributed by atoms with Crippen LogP contribution in [0.15, 0.2) is 12.2 Å². The highest BCUT2D eigenvalue weighted by molar-refractivity contribution is 7.81. The summed E-state index contributed by atoms with van der Waals surface area (Å²) in [7, 11) is 0. The Balaban J connectivity index is 5.84. The standard InChI is InChI=1S/C12H12F8O5S/c1-3-23-8(22)10(12(18,19)20,24-5-4-9(13,14)26)25-7(21)6(2)11(15,16)17/h26H,2-5H2,1H3. The Hall–Kier alpha value is -1.57. The minimum absolute atomic E-state index is 0.722. The Labute approximate surface area is 146 Å². The molecule has 0 aromatic rings. The van der Waals surface area contributed by atoms with Gasteiger partial charge in [-0.25, -0.2) is 9.59 Å². The van der Waals surface area contributed by atoms with E-state index >= 15 is 0 Å². The molecule has 0 aliphatic carbocycles. The SMILES string of the molecule is C=C(C(=O)OC(OCCC(F)(F)S)(C(=O)OCC)C(F)(F)F)C(F)(F)F. The number of halogens is 8. The van der Waals surface area contributed by atoms with Gasteiger partial charge in [-0.2, -0.15) is 35.1 Å². The van der Waals surface area contributed by atoms with Gasteiger partial charge in [0.05, 0.1) is 13.2 Å². The van der Waals surface area contributed by atoms with E-state index in [4.69, 9.17) is 0 Å². The third-order valence-electron chi connectivity index (χ3n) is 2.45. The second-order valence-electron chi connectivity index (χ2n) is 4.46. The average Bonchev–Trinajstić information content (AvgIpc) is 2.41. The first-order valence-electron chi connectivity index (χ1n) is 6.45. The topological polar surface area (TPSA) is 61.8 Å². The van der Waals surface area contributed by atoms with Crippen molar-refractivity contribution >= 4 is 24.6 Å². The second kappa shape index (κ2) is 8.41. The normalized spacial score (nSPS) is 15.2. The van der Waals surface area contributed by atoms with E-state index in [9.17, 15) is 44.7 Å². The molecular weight excluding hydrogens is 408 g/mol. The first kappa shape index (κ1) is 24.4. The van der Waals surface area contributed by atoms with Crippen LogP contribution in [0.3, 0.4) is 0 Å². The lowest BCUT2D eigenvalue weighted by molar-refractivity contribution is -0.356. The summed E-state index contributed by atoms with van der Waals surface area (Å²) in [6.45, 7) is 0.945. The Morgan fingerprint density at radius 3 is 1.88 bits per heavy atom. The van der Waals surface area contributed by atoms with E-state index in [2.05, 4.69) is 33.4 Å². The lowest BCUT2D eigenvalue weighted by atomic mass is 10.2. The van der Waals surface area contributed by atoms with Crippen LogP contribution in [0.4, 0.5) is 35.1 Å². The molecule has 1 atom stereocenters. The van der Waals surface area contributed by atoms with E-state index < -0.39 is 60.5 Å². The number of alkyl halides is 8. The molecule has 0 saturated carbocycles. The van der Waals surface area contributed by atoms with Crippen molar-refractivity contribution in [3.05, 3.63) is 12.2 Å². The largest absolute Gasteiger partial charge is 0.468 e. The molecule has 0 aromatic carbocycles. The maximum absolute atomic E-state index is 13.3. The molecule has 0 radical (unpaired) electrons. The molecule has 0 spiro atoms. The second-order valence-corrected chi connectivity index (χ2v) is 5.12. The minimum atomic E-state index is -5.97. The molecule has 0 saturated heterocycles. The van der Waals surface area contributed by atoms with Crippen LogP contribution in [-0.4, -0.2) is 48.5 Å². The summed E-state index contributed by atoms with van der Waals surface area (Å²) in [4.78, 5) is 22.9. The zero-order chi connectivity index (χ0) is 21.0. The van der Waals surface area contributed by atoms with Gasteiger partial charge in [-0.15, -0.1) is 12.6 Å². The van der Waals surface area contributed by atoms with Gasteiger partial charge in [-0.3, -0.25) is 0 Å². The molecular formula is C12H12F8O5S. The van der Waals surface area contributed by atoms with Crippen LogP contribution in [0.1, 0.15) is 13.3 Å².